The Morgan fingerprint density at radius 2 is 1.56 bits per heavy atom. The van der Waals surface area contributed by atoms with Crippen molar-refractivity contribution < 1.29 is 4.39 Å². The Labute approximate surface area is 103 Å². The summed E-state index contributed by atoms with van der Waals surface area (Å²) >= 11 is 0. The summed E-state index contributed by atoms with van der Waals surface area (Å²) in [5.41, 5.74) is 2.08. The van der Waals surface area contributed by atoms with Gasteiger partial charge in [-0.25, -0.2) is 9.97 Å². The summed E-state index contributed by atoms with van der Waals surface area (Å²) in [6.45, 7) is 0. The monoisotopic (exact) mass is 240 g/mol. The maximum atomic E-state index is 12.9. The molecule has 88 valence electrons. The summed E-state index contributed by atoms with van der Waals surface area (Å²) in [5, 5.41) is 3.14. The molecule has 5 heteroatoms. The molecule has 0 aliphatic heterocycles. The average molecular weight is 240 g/mol. The van der Waals surface area contributed by atoms with Crippen LogP contribution in [0.1, 0.15) is 0 Å². The molecular weight excluding hydrogens is 231 g/mol. The second-order valence-electron chi connectivity index (χ2n) is 3.73. The Bertz CT molecular complexity index is 685. The second kappa shape index (κ2) is 4.37. The minimum atomic E-state index is -0.501. The van der Waals surface area contributed by atoms with Crippen LogP contribution in [0.15, 0.2) is 48.8 Å². The first kappa shape index (κ1) is 10.6. The van der Waals surface area contributed by atoms with Gasteiger partial charge in [0.25, 0.3) is 0 Å². The maximum absolute atomic E-state index is 12.9. The smallest absolute Gasteiger partial charge is 0.213 e. The van der Waals surface area contributed by atoms with Crippen LogP contribution < -0.4 is 5.32 Å². The van der Waals surface area contributed by atoms with Gasteiger partial charge in [-0.15, -0.1) is 0 Å². The molecule has 0 amide bonds. The highest BCUT2D eigenvalue weighted by atomic mass is 19.1. The van der Waals surface area contributed by atoms with Crippen molar-refractivity contribution in [3.05, 3.63) is 54.7 Å². The molecule has 0 saturated carbocycles. The molecule has 4 nitrogen and oxygen atoms in total. The molecule has 18 heavy (non-hydrogen) atoms. The Kier molecular flexibility index (Phi) is 2.57. The molecule has 0 unspecified atom stereocenters. The predicted molar refractivity (Wildman–Crippen MR) is 67.0 cm³/mol. The molecule has 0 saturated heterocycles. The molecule has 0 aliphatic rings. The van der Waals surface area contributed by atoms with Crippen LogP contribution in [0, 0.1) is 5.95 Å². The van der Waals surface area contributed by atoms with Gasteiger partial charge in [-0.2, -0.15) is 4.39 Å². The normalized spacial score (nSPS) is 10.5. The van der Waals surface area contributed by atoms with E-state index in [-0.39, 0.29) is 0 Å². The zero-order valence-corrected chi connectivity index (χ0v) is 9.34. The van der Waals surface area contributed by atoms with Crippen LogP contribution in [0.4, 0.5) is 15.9 Å². The van der Waals surface area contributed by atoms with Crippen LogP contribution in [0.2, 0.25) is 0 Å². The summed E-state index contributed by atoms with van der Waals surface area (Å²) in [4.78, 5) is 12.0. The van der Waals surface area contributed by atoms with E-state index >= 15 is 0 Å². The van der Waals surface area contributed by atoms with Gasteiger partial charge in [0.15, 0.2) is 0 Å². The van der Waals surface area contributed by atoms with Crippen LogP contribution in [0.25, 0.3) is 11.0 Å². The fraction of sp³-hybridized carbons (Fsp3) is 0. The minimum absolute atomic E-state index is 0.501. The summed E-state index contributed by atoms with van der Waals surface area (Å²) < 4.78 is 12.9. The highest BCUT2D eigenvalue weighted by molar-refractivity contribution is 5.76. The number of hydrogen-bond acceptors (Lipinski definition) is 4. The predicted octanol–water partition coefficient (Wildman–Crippen LogP) is 2.91. The van der Waals surface area contributed by atoms with Gasteiger partial charge in [-0.05, 0) is 36.4 Å². The number of fused-ring (bicyclic) bond motifs is 1. The van der Waals surface area contributed by atoms with Gasteiger partial charge in [0.05, 0.1) is 11.0 Å². The van der Waals surface area contributed by atoms with Crippen molar-refractivity contribution >= 4 is 22.5 Å². The highest BCUT2D eigenvalue weighted by Gasteiger charge is 2.01. The molecule has 0 spiro atoms. The van der Waals surface area contributed by atoms with Gasteiger partial charge in [0, 0.05) is 18.1 Å². The fourth-order valence-electron chi connectivity index (χ4n) is 1.64. The Morgan fingerprint density at radius 1 is 0.833 bits per heavy atom. The third-order valence-corrected chi connectivity index (χ3v) is 2.46. The van der Waals surface area contributed by atoms with E-state index in [2.05, 4.69) is 20.3 Å². The van der Waals surface area contributed by atoms with Crippen molar-refractivity contribution in [1.82, 2.24) is 15.0 Å². The molecular formula is C13H9FN4. The number of pyridine rings is 3. The molecule has 3 aromatic heterocycles. The number of nitrogens with one attached hydrogen (secondary N) is 1. The number of rotatable bonds is 2. The molecule has 0 fully saturated rings. The van der Waals surface area contributed by atoms with E-state index in [9.17, 15) is 4.39 Å². The largest absolute Gasteiger partial charge is 0.340 e. The average Bonchev–Trinajstić information content (AvgIpc) is 2.40. The third kappa shape index (κ3) is 2.10. The Morgan fingerprint density at radius 3 is 2.39 bits per heavy atom. The van der Waals surface area contributed by atoms with Gasteiger partial charge in [-0.3, -0.25) is 4.98 Å². The Balaban J connectivity index is 1.96. The molecule has 3 rings (SSSR count). The van der Waals surface area contributed by atoms with E-state index in [1.165, 1.54) is 6.07 Å². The standard InChI is InChI=1S/C13H9FN4/c14-12-3-1-11-10(17-12)2-4-13(18-11)16-9-5-7-15-8-6-9/h1-8H,(H,15,16,18). The van der Waals surface area contributed by atoms with Crippen molar-refractivity contribution in [2.24, 2.45) is 0 Å². The summed E-state index contributed by atoms with van der Waals surface area (Å²) in [5.74, 6) is 0.182. The topological polar surface area (TPSA) is 50.7 Å². The quantitative estimate of drug-likeness (QED) is 0.700. The van der Waals surface area contributed by atoms with Crippen molar-refractivity contribution in [1.29, 1.82) is 0 Å². The van der Waals surface area contributed by atoms with Gasteiger partial charge < -0.3 is 5.32 Å². The lowest BCUT2D eigenvalue weighted by Crippen LogP contribution is -1.95. The first-order chi connectivity index (χ1) is 8.81. The molecule has 0 aromatic carbocycles. The molecule has 0 atom stereocenters. The number of hydrogen-bond donors (Lipinski definition) is 1. The number of anilines is 2. The van der Waals surface area contributed by atoms with Crippen molar-refractivity contribution in [2.45, 2.75) is 0 Å². The molecule has 1 N–H and O–H groups in total. The maximum Gasteiger partial charge on any atom is 0.213 e. The second-order valence-corrected chi connectivity index (χ2v) is 3.73. The lowest BCUT2D eigenvalue weighted by molar-refractivity contribution is 0.589. The van der Waals surface area contributed by atoms with E-state index in [1.807, 2.05) is 12.1 Å². The van der Waals surface area contributed by atoms with Crippen LogP contribution in [0.3, 0.4) is 0 Å². The zero-order valence-electron chi connectivity index (χ0n) is 9.34. The number of nitrogens with zero attached hydrogens (tertiary/aromatic N) is 3. The van der Waals surface area contributed by atoms with Gasteiger partial charge in [0.1, 0.15) is 5.82 Å². The van der Waals surface area contributed by atoms with Crippen LogP contribution >= 0.6 is 0 Å². The fourth-order valence-corrected chi connectivity index (χ4v) is 1.64. The van der Waals surface area contributed by atoms with Crippen molar-refractivity contribution in [3.8, 4) is 0 Å². The number of aromatic nitrogens is 3. The molecule has 3 aromatic rings. The summed E-state index contributed by atoms with van der Waals surface area (Å²) in [7, 11) is 0. The van der Waals surface area contributed by atoms with E-state index < -0.39 is 5.95 Å². The zero-order chi connectivity index (χ0) is 12.4. The minimum Gasteiger partial charge on any atom is -0.340 e. The summed E-state index contributed by atoms with van der Waals surface area (Å²) in [6.07, 6.45) is 3.39. The molecule has 0 aliphatic carbocycles. The van der Waals surface area contributed by atoms with Crippen molar-refractivity contribution in [3.63, 3.8) is 0 Å². The van der Waals surface area contributed by atoms with Crippen LogP contribution in [0.5, 0.6) is 0 Å². The lowest BCUT2D eigenvalue weighted by atomic mass is 10.3. The van der Waals surface area contributed by atoms with E-state index in [0.29, 0.717) is 16.9 Å². The van der Waals surface area contributed by atoms with Gasteiger partial charge >= 0.3 is 0 Å². The van der Waals surface area contributed by atoms with Crippen LogP contribution in [-0.4, -0.2) is 15.0 Å². The van der Waals surface area contributed by atoms with Crippen molar-refractivity contribution in [2.75, 3.05) is 5.32 Å². The molecule has 0 bridgehead atoms. The number of halogens is 1. The molecule has 0 radical (unpaired) electrons. The SMILES string of the molecule is Fc1ccc2nc(Nc3ccncc3)ccc2n1. The van der Waals surface area contributed by atoms with Gasteiger partial charge in [-0.1, -0.05) is 0 Å². The molecule has 3 heterocycles. The highest BCUT2D eigenvalue weighted by Crippen LogP contribution is 2.17. The first-order valence-electron chi connectivity index (χ1n) is 5.42. The first-order valence-corrected chi connectivity index (χ1v) is 5.42. The van der Waals surface area contributed by atoms with E-state index in [4.69, 9.17) is 0 Å². The van der Waals surface area contributed by atoms with Crippen LogP contribution in [-0.2, 0) is 0 Å². The van der Waals surface area contributed by atoms with E-state index in [1.54, 1.807) is 30.6 Å². The summed E-state index contributed by atoms with van der Waals surface area (Å²) in [6, 6.07) is 10.1. The van der Waals surface area contributed by atoms with E-state index in [0.717, 1.165) is 5.69 Å². The Hall–Kier alpha value is -2.56. The van der Waals surface area contributed by atoms with Gasteiger partial charge in [0.2, 0.25) is 5.95 Å². The lowest BCUT2D eigenvalue weighted by Gasteiger charge is -2.05. The third-order valence-electron chi connectivity index (χ3n) is 2.46.